The summed E-state index contributed by atoms with van der Waals surface area (Å²) in [7, 11) is 2.99. The first kappa shape index (κ1) is 49.7. The van der Waals surface area contributed by atoms with E-state index < -0.39 is 89.3 Å². The SMILES string of the molecule is COC(=O)[C@H](Cc1ccccc1)NC(=O)[C@H](Cc1ccc(OC(C)(C)C)cc1)NC(=O)CNC(=O)[C@@H]1C[C@@H](OC(C)(C)C)CN1C(=O)[C@H](Cc1cncn1C)NC(=O)OC(C)(C)C. The number of methoxy groups -OCH3 is 1. The minimum absolute atomic E-state index is 0.0278. The standard InChI is InChI=1S/C46H65N7O10/c1-44(2,3)61-32-19-17-30(18-20-32)21-34(39(55)50-36(42(58)60-11)22-29-15-13-12-14-16-29)49-38(54)26-48-40(56)37-24-33(62-45(4,5)6)27-53(37)41(57)35(23-31-25-47-28-52(31)10)51-43(59)63-46(7,8)9/h12-20,25,28,33-37H,21-24,26-27H2,1-11H3,(H,48,56)(H,49,54)(H,50,55)(H,51,59)/t33-,34+,35+,36+,37+/m1/s1. The summed E-state index contributed by atoms with van der Waals surface area (Å²) in [4.78, 5) is 87.5. The Balaban J connectivity index is 1.55. The fourth-order valence-corrected chi connectivity index (χ4v) is 7.00. The molecule has 0 saturated carbocycles. The Hall–Kier alpha value is -5.97. The van der Waals surface area contributed by atoms with Crippen LogP contribution in [-0.2, 0) is 64.5 Å². The van der Waals surface area contributed by atoms with Crippen molar-refractivity contribution in [3.63, 3.8) is 0 Å². The Morgan fingerprint density at radius 3 is 1.97 bits per heavy atom. The van der Waals surface area contributed by atoms with Gasteiger partial charge in [0.15, 0.2) is 0 Å². The molecule has 17 heteroatoms. The second-order valence-corrected chi connectivity index (χ2v) is 18.7. The minimum Gasteiger partial charge on any atom is -0.488 e. The summed E-state index contributed by atoms with van der Waals surface area (Å²) in [5.74, 6) is -2.60. The molecule has 17 nitrogen and oxygen atoms in total. The van der Waals surface area contributed by atoms with Crippen LogP contribution in [0.5, 0.6) is 5.75 Å². The summed E-state index contributed by atoms with van der Waals surface area (Å²) in [5, 5.41) is 10.8. The summed E-state index contributed by atoms with van der Waals surface area (Å²) in [6, 6.07) is 11.7. The molecular weight excluding hydrogens is 811 g/mol. The average molecular weight is 876 g/mol. The molecule has 3 aromatic rings. The molecular formula is C46H65N7O10. The summed E-state index contributed by atoms with van der Waals surface area (Å²) >= 11 is 0. The van der Waals surface area contributed by atoms with Crippen molar-refractivity contribution >= 4 is 35.7 Å². The van der Waals surface area contributed by atoms with Crippen molar-refractivity contribution in [1.29, 1.82) is 0 Å². The number of carbonyl (C=O) groups excluding carboxylic acids is 6. The van der Waals surface area contributed by atoms with Crippen LogP contribution in [-0.4, -0.2) is 117 Å². The predicted octanol–water partition coefficient (Wildman–Crippen LogP) is 3.56. The largest absolute Gasteiger partial charge is 0.488 e. The summed E-state index contributed by atoms with van der Waals surface area (Å²) in [6.45, 7) is 16.0. The van der Waals surface area contributed by atoms with Gasteiger partial charge in [0.25, 0.3) is 0 Å². The van der Waals surface area contributed by atoms with Gasteiger partial charge in [-0.15, -0.1) is 0 Å². The number of aromatic nitrogens is 2. The third-order valence-electron chi connectivity index (χ3n) is 9.63. The van der Waals surface area contributed by atoms with E-state index in [4.69, 9.17) is 18.9 Å². The van der Waals surface area contributed by atoms with E-state index >= 15 is 0 Å². The van der Waals surface area contributed by atoms with Gasteiger partial charge in [-0.3, -0.25) is 19.2 Å². The average Bonchev–Trinajstić information content (AvgIpc) is 3.79. The summed E-state index contributed by atoms with van der Waals surface area (Å²) < 4.78 is 24.4. The van der Waals surface area contributed by atoms with Crippen molar-refractivity contribution in [3.8, 4) is 5.75 Å². The molecule has 1 aromatic heterocycles. The first-order valence-corrected chi connectivity index (χ1v) is 21.1. The number of amides is 5. The van der Waals surface area contributed by atoms with E-state index in [-0.39, 0.29) is 32.2 Å². The summed E-state index contributed by atoms with van der Waals surface area (Å²) in [5.41, 5.74) is 0.217. The van der Waals surface area contributed by atoms with Crippen LogP contribution < -0.4 is 26.0 Å². The van der Waals surface area contributed by atoms with Gasteiger partial charge in [-0.1, -0.05) is 42.5 Å². The van der Waals surface area contributed by atoms with Crippen LogP contribution in [0.15, 0.2) is 67.1 Å². The first-order valence-electron chi connectivity index (χ1n) is 21.1. The zero-order chi connectivity index (χ0) is 46.7. The first-order chi connectivity index (χ1) is 29.4. The predicted molar refractivity (Wildman–Crippen MR) is 234 cm³/mol. The molecule has 5 amide bonds. The quantitative estimate of drug-likeness (QED) is 0.144. The zero-order valence-corrected chi connectivity index (χ0v) is 38.4. The highest BCUT2D eigenvalue weighted by Gasteiger charge is 2.44. The van der Waals surface area contributed by atoms with Gasteiger partial charge in [-0.05, 0) is 85.6 Å². The number of benzene rings is 2. The molecule has 1 aliphatic heterocycles. The Morgan fingerprint density at radius 2 is 1.40 bits per heavy atom. The van der Waals surface area contributed by atoms with Crippen LogP contribution >= 0.6 is 0 Å². The van der Waals surface area contributed by atoms with Crippen molar-refractivity contribution < 1.29 is 47.7 Å². The molecule has 344 valence electrons. The van der Waals surface area contributed by atoms with Crippen LogP contribution in [0.4, 0.5) is 4.79 Å². The lowest BCUT2D eigenvalue weighted by molar-refractivity contribution is -0.145. The fourth-order valence-electron chi connectivity index (χ4n) is 7.00. The highest BCUT2D eigenvalue weighted by molar-refractivity contribution is 5.95. The van der Waals surface area contributed by atoms with Crippen LogP contribution in [0, 0.1) is 0 Å². The Labute approximate surface area is 370 Å². The summed E-state index contributed by atoms with van der Waals surface area (Å²) in [6.07, 6.45) is 2.11. The van der Waals surface area contributed by atoms with E-state index in [1.54, 1.807) is 69.2 Å². The fraction of sp³-hybridized carbons (Fsp3) is 0.543. The molecule has 4 rings (SSSR count). The molecule has 0 radical (unpaired) electrons. The van der Waals surface area contributed by atoms with Gasteiger partial charge >= 0.3 is 12.1 Å². The highest BCUT2D eigenvalue weighted by Crippen LogP contribution is 2.26. The molecule has 2 heterocycles. The molecule has 5 atom stereocenters. The van der Waals surface area contributed by atoms with Crippen LogP contribution in [0.1, 0.15) is 85.6 Å². The third kappa shape index (κ3) is 16.3. The topological polar surface area (TPSA) is 209 Å². The number of carbonyl (C=O) groups is 6. The highest BCUT2D eigenvalue weighted by atomic mass is 16.6. The van der Waals surface area contributed by atoms with Gasteiger partial charge in [0.2, 0.25) is 23.6 Å². The van der Waals surface area contributed by atoms with Gasteiger partial charge < -0.3 is 49.7 Å². The zero-order valence-electron chi connectivity index (χ0n) is 38.4. The molecule has 0 aliphatic carbocycles. The van der Waals surface area contributed by atoms with E-state index in [9.17, 15) is 28.8 Å². The lowest BCUT2D eigenvalue weighted by atomic mass is 10.0. The maximum absolute atomic E-state index is 14.4. The lowest BCUT2D eigenvalue weighted by Crippen LogP contribution is -2.56. The van der Waals surface area contributed by atoms with Crippen LogP contribution in [0.25, 0.3) is 0 Å². The van der Waals surface area contributed by atoms with E-state index in [1.165, 1.54) is 12.0 Å². The number of esters is 1. The molecule has 1 fully saturated rings. The van der Waals surface area contributed by atoms with Gasteiger partial charge in [-0.25, -0.2) is 14.6 Å². The number of hydrogen-bond acceptors (Lipinski definition) is 11. The van der Waals surface area contributed by atoms with Crippen molar-refractivity contribution in [3.05, 3.63) is 83.9 Å². The number of alkyl carbamates (subject to hydrolysis) is 1. The van der Waals surface area contributed by atoms with E-state index in [2.05, 4.69) is 26.3 Å². The number of hydrogen-bond donors (Lipinski definition) is 4. The number of ether oxygens (including phenoxy) is 4. The molecule has 0 spiro atoms. The molecule has 4 N–H and O–H groups in total. The van der Waals surface area contributed by atoms with E-state index in [0.717, 1.165) is 5.56 Å². The number of nitrogens with one attached hydrogen (secondary N) is 4. The Bertz CT molecular complexity index is 2030. The second kappa shape index (κ2) is 21.4. The van der Waals surface area contributed by atoms with Gasteiger partial charge in [0.05, 0.1) is 31.7 Å². The van der Waals surface area contributed by atoms with Gasteiger partial charge in [-0.2, -0.15) is 0 Å². The molecule has 0 bridgehead atoms. The number of likely N-dealkylation sites (tertiary alicyclic amines) is 1. The molecule has 0 unspecified atom stereocenters. The smallest absolute Gasteiger partial charge is 0.408 e. The lowest BCUT2D eigenvalue weighted by Gasteiger charge is -2.30. The van der Waals surface area contributed by atoms with E-state index in [1.807, 2.05) is 71.9 Å². The van der Waals surface area contributed by atoms with Crippen molar-refractivity contribution in [2.45, 2.75) is 135 Å². The molecule has 63 heavy (non-hydrogen) atoms. The Kier molecular flexibility index (Phi) is 16.9. The third-order valence-corrected chi connectivity index (χ3v) is 9.63. The second-order valence-electron chi connectivity index (χ2n) is 18.7. The normalized spacial score (nSPS) is 16.8. The number of aryl methyl sites for hydroxylation is 1. The monoisotopic (exact) mass is 875 g/mol. The van der Waals surface area contributed by atoms with E-state index in [0.29, 0.717) is 17.0 Å². The maximum atomic E-state index is 14.4. The molecule has 1 saturated heterocycles. The molecule has 2 aromatic carbocycles. The van der Waals surface area contributed by atoms with Gasteiger partial charge in [0, 0.05) is 51.2 Å². The van der Waals surface area contributed by atoms with Crippen molar-refractivity contribution in [2.24, 2.45) is 7.05 Å². The molecule has 1 aliphatic rings. The number of nitrogens with zero attached hydrogens (tertiary/aromatic N) is 3. The van der Waals surface area contributed by atoms with Crippen molar-refractivity contribution in [2.75, 3.05) is 20.2 Å². The van der Waals surface area contributed by atoms with Crippen LogP contribution in [0.2, 0.25) is 0 Å². The Morgan fingerprint density at radius 1 is 0.762 bits per heavy atom. The van der Waals surface area contributed by atoms with Gasteiger partial charge in [0.1, 0.15) is 41.1 Å². The van der Waals surface area contributed by atoms with Crippen molar-refractivity contribution in [1.82, 2.24) is 35.7 Å². The minimum atomic E-state index is -1.19. The maximum Gasteiger partial charge on any atom is 0.408 e. The number of rotatable bonds is 17. The number of imidazole rings is 1. The van der Waals surface area contributed by atoms with Crippen LogP contribution in [0.3, 0.4) is 0 Å².